The second-order valence-electron chi connectivity index (χ2n) is 5.03. The molecule has 19 heavy (non-hydrogen) atoms. The van der Waals surface area contributed by atoms with Gasteiger partial charge in [-0.3, -0.25) is 0 Å². The highest BCUT2D eigenvalue weighted by Crippen LogP contribution is 2.33. The van der Waals surface area contributed by atoms with Crippen molar-refractivity contribution in [2.45, 2.75) is 45.1 Å². The molecule has 0 atom stereocenters. The van der Waals surface area contributed by atoms with Crippen molar-refractivity contribution in [1.82, 2.24) is 4.98 Å². The van der Waals surface area contributed by atoms with Gasteiger partial charge in [-0.25, -0.2) is 4.98 Å². The van der Waals surface area contributed by atoms with Crippen LogP contribution in [0.5, 0.6) is 5.75 Å². The van der Waals surface area contributed by atoms with Crippen molar-refractivity contribution in [3.8, 4) is 5.75 Å². The van der Waals surface area contributed by atoms with Crippen molar-refractivity contribution in [3.05, 3.63) is 18.2 Å². The number of ether oxygens (including phenoxy) is 1. The van der Waals surface area contributed by atoms with Crippen LogP contribution in [0.1, 0.15) is 39.0 Å². The van der Waals surface area contributed by atoms with Gasteiger partial charge in [0.05, 0.1) is 11.3 Å². The van der Waals surface area contributed by atoms with Crippen LogP contribution in [0, 0.1) is 0 Å². The fourth-order valence-electron chi connectivity index (χ4n) is 2.68. The summed E-state index contributed by atoms with van der Waals surface area (Å²) in [6.45, 7) is 2.69. The molecule has 102 valence electrons. The molecule has 3 nitrogen and oxygen atoms in total. The van der Waals surface area contributed by atoms with E-state index in [1.165, 1.54) is 36.8 Å². The lowest BCUT2D eigenvalue weighted by molar-refractivity contribution is 0.344. The van der Waals surface area contributed by atoms with Gasteiger partial charge in [0, 0.05) is 6.04 Å². The fourth-order valence-corrected chi connectivity index (χ4v) is 3.64. The second kappa shape index (κ2) is 5.78. The smallest absolute Gasteiger partial charge is 0.184 e. The molecule has 0 spiro atoms. The zero-order chi connectivity index (χ0) is 13.1. The monoisotopic (exact) mass is 276 g/mol. The summed E-state index contributed by atoms with van der Waals surface area (Å²) >= 11 is 1.73. The molecule has 1 aliphatic carbocycles. The third-order valence-electron chi connectivity index (χ3n) is 3.61. The number of hydrogen-bond donors (Lipinski definition) is 1. The number of anilines is 1. The number of nitrogens with one attached hydrogen (secondary N) is 1. The van der Waals surface area contributed by atoms with E-state index in [9.17, 15) is 0 Å². The van der Waals surface area contributed by atoms with Crippen molar-refractivity contribution in [1.29, 1.82) is 0 Å². The van der Waals surface area contributed by atoms with E-state index in [0.29, 0.717) is 12.6 Å². The van der Waals surface area contributed by atoms with Crippen LogP contribution in [0.15, 0.2) is 18.2 Å². The Morgan fingerprint density at radius 1 is 1.32 bits per heavy atom. The first kappa shape index (κ1) is 12.7. The van der Waals surface area contributed by atoms with E-state index in [0.717, 1.165) is 16.4 Å². The van der Waals surface area contributed by atoms with Crippen LogP contribution in [0.25, 0.3) is 10.2 Å². The van der Waals surface area contributed by atoms with Gasteiger partial charge in [-0.15, -0.1) is 0 Å². The number of para-hydroxylation sites is 1. The minimum absolute atomic E-state index is 0.602. The largest absolute Gasteiger partial charge is 0.492 e. The van der Waals surface area contributed by atoms with Gasteiger partial charge in [-0.05, 0) is 31.9 Å². The van der Waals surface area contributed by atoms with Gasteiger partial charge >= 0.3 is 0 Å². The van der Waals surface area contributed by atoms with Gasteiger partial charge in [0.15, 0.2) is 5.13 Å². The Labute approximate surface area is 118 Å². The molecule has 4 heteroatoms. The maximum Gasteiger partial charge on any atom is 0.184 e. The van der Waals surface area contributed by atoms with E-state index in [2.05, 4.69) is 11.4 Å². The van der Waals surface area contributed by atoms with Gasteiger partial charge in [0.2, 0.25) is 0 Å². The quantitative estimate of drug-likeness (QED) is 0.896. The Hall–Kier alpha value is -1.29. The number of rotatable bonds is 4. The molecular formula is C15H20N2OS. The van der Waals surface area contributed by atoms with Crippen molar-refractivity contribution in [3.63, 3.8) is 0 Å². The number of hydrogen-bond acceptors (Lipinski definition) is 4. The van der Waals surface area contributed by atoms with Gasteiger partial charge < -0.3 is 10.1 Å². The molecule has 1 heterocycles. The van der Waals surface area contributed by atoms with E-state index in [4.69, 9.17) is 9.72 Å². The summed E-state index contributed by atoms with van der Waals surface area (Å²) in [7, 11) is 0. The van der Waals surface area contributed by atoms with Crippen LogP contribution in [-0.4, -0.2) is 17.6 Å². The van der Waals surface area contributed by atoms with Crippen LogP contribution >= 0.6 is 11.3 Å². The lowest BCUT2D eigenvalue weighted by Crippen LogP contribution is -2.21. The first-order chi connectivity index (χ1) is 9.36. The van der Waals surface area contributed by atoms with Gasteiger partial charge in [0.1, 0.15) is 11.3 Å². The molecular weight excluding hydrogens is 256 g/mol. The normalized spacial score (nSPS) is 16.7. The van der Waals surface area contributed by atoms with Crippen LogP contribution in [0.3, 0.4) is 0 Å². The molecule has 1 saturated carbocycles. The van der Waals surface area contributed by atoms with E-state index in [-0.39, 0.29) is 0 Å². The topological polar surface area (TPSA) is 34.1 Å². The first-order valence-corrected chi connectivity index (χ1v) is 7.97. The molecule has 1 fully saturated rings. The Balaban J connectivity index is 1.82. The van der Waals surface area contributed by atoms with E-state index >= 15 is 0 Å². The minimum atomic E-state index is 0.602. The molecule has 2 aromatic rings. The predicted octanol–water partition coefficient (Wildman–Crippen LogP) is 4.44. The molecule has 0 amide bonds. The first-order valence-electron chi connectivity index (χ1n) is 7.15. The molecule has 1 aromatic heterocycles. The standard InChI is InChI=1S/C15H20N2OS/c1-2-18-12-9-6-10-13-14(12)17-15(19-13)16-11-7-4-3-5-8-11/h6,9-11H,2-5,7-8H2,1H3,(H,16,17). The van der Waals surface area contributed by atoms with Crippen molar-refractivity contribution in [2.24, 2.45) is 0 Å². The molecule has 1 aliphatic rings. The third-order valence-corrected chi connectivity index (χ3v) is 4.57. The zero-order valence-corrected chi connectivity index (χ0v) is 12.1. The fraction of sp³-hybridized carbons (Fsp3) is 0.533. The molecule has 1 N–H and O–H groups in total. The van der Waals surface area contributed by atoms with Crippen molar-refractivity contribution < 1.29 is 4.74 Å². The Morgan fingerprint density at radius 2 is 2.16 bits per heavy atom. The number of thiazole rings is 1. The highest BCUT2D eigenvalue weighted by atomic mass is 32.1. The summed E-state index contributed by atoms with van der Waals surface area (Å²) in [5, 5.41) is 4.63. The summed E-state index contributed by atoms with van der Waals surface area (Å²) in [6, 6.07) is 6.75. The van der Waals surface area contributed by atoms with Crippen LogP contribution in [0.4, 0.5) is 5.13 Å². The average molecular weight is 276 g/mol. The van der Waals surface area contributed by atoms with Gasteiger partial charge in [0.25, 0.3) is 0 Å². The van der Waals surface area contributed by atoms with E-state index in [1.54, 1.807) is 11.3 Å². The van der Waals surface area contributed by atoms with Crippen LogP contribution < -0.4 is 10.1 Å². The number of nitrogens with zero attached hydrogens (tertiary/aromatic N) is 1. The second-order valence-corrected chi connectivity index (χ2v) is 6.06. The lowest BCUT2D eigenvalue weighted by atomic mass is 9.96. The third kappa shape index (κ3) is 2.84. The van der Waals surface area contributed by atoms with Gasteiger partial charge in [-0.1, -0.05) is 36.7 Å². The van der Waals surface area contributed by atoms with Gasteiger partial charge in [-0.2, -0.15) is 0 Å². The highest BCUT2D eigenvalue weighted by Gasteiger charge is 2.15. The Morgan fingerprint density at radius 3 is 2.95 bits per heavy atom. The minimum Gasteiger partial charge on any atom is -0.492 e. The molecule has 0 unspecified atom stereocenters. The summed E-state index contributed by atoms with van der Waals surface area (Å²) in [5.74, 6) is 0.896. The van der Waals surface area contributed by atoms with E-state index < -0.39 is 0 Å². The summed E-state index contributed by atoms with van der Waals surface area (Å²) in [6.07, 6.45) is 6.61. The Kier molecular flexibility index (Phi) is 3.87. The molecule has 0 saturated heterocycles. The number of fused-ring (bicyclic) bond motifs is 1. The number of benzene rings is 1. The van der Waals surface area contributed by atoms with Crippen molar-refractivity contribution >= 4 is 26.7 Å². The molecule has 0 radical (unpaired) electrons. The molecule has 3 rings (SSSR count). The summed E-state index contributed by atoms with van der Waals surface area (Å²) in [5.41, 5.74) is 0.993. The number of aromatic nitrogens is 1. The molecule has 0 aliphatic heterocycles. The maximum absolute atomic E-state index is 5.64. The van der Waals surface area contributed by atoms with E-state index in [1.807, 2.05) is 19.1 Å². The van der Waals surface area contributed by atoms with Crippen LogP contribution in [-0.2, 0) is 0 Å². The van der Waals surface area contributed by atoms with Crippen LogP contribution in [0.2, 0.25) is 0 Å². The summed E-state index contributed by atoms with van der Waals surface area (Å²) < 4.78 is 6.84. The highest BCUT2D eigenvalue weighted by molar-refractivity contribution is 7.22. The summed E-state index contributed by atoms with van der Waals surface area (Å²) in [4.78, 5) is 4.71. The van der Waals surface area contributed by atoms with Crippen molar-refractivity contribution in [2.75, 3.05) is 11.9 Å². The molecule has 0 bridgehead atoms. The lowest BCUT2D eigenvalue weighted by Gasteiger charge is -2.22. The maximum atomic E-state index is 5.64. The molecule has 1 aromatic carbocycles. The Bertz CT molecular complexity index is 546. The average Bonchev–Trinajstić information content (AvgIpc) is 2.84. The SMILES string of the molecule is CCOc1cccc2sc(NC3CCCCC3)nc12. The predicted molar refractivity (Wildman–Crippen MR) is 81.3 cm³/mol. The zero-order valence-electron chi connectivity index (χ0n) is 11.3.